The maximum absolute atomic E-state index is 12.4. The minimum atomic E-state index is -1.04. The highest BCUT2D eigenvalue weighted by Crippen LogP contribution is 2.25. The van der Waals surface area contributed by atoms with Crippen LogP contribution in [-0.4, -0.2) is 51.6 Å². The Hall–Kier alpha value is -2.22. The van der Waals surface area contributed by atoms with Crippen molar-refractivity contribution in [2.75, 3.05) is 13.1 Å². The monoisotopic (exact) mass is 309 g/mol. The number of hydrogen-bond acceptors (Lipinski definition) is 5. The lowest BCUT2D eigenvalue weighted by Crippen LogP contribution is -2.59. The van der Waals surface area contributed by atoms with Gasteiger partial charge in [0.1, 0.15) is 5.54 Å². The minimum absolute atomic E-state index is 0.119. The molecule has 2 N–H and O–H groups in total. The first kappa shape index (κ1) is 13.7. The molecule has 2 aliphatic heterocycles. The highest BCUT2D eigenvalue weighted by molar-refractivity contribution is 6.29. The fourth-order valence-electron chi connectivity index (χ4n) is 2.64. The van der Waals surface area contributed by atoms with Crippen molar-refractivity contribution in [3.05, 3.63) is 23.0 Å². The number of imide groups is 1. The number of carbonyl (C=O) groups excluding carboxylic acids is 3. The van der Waals surface area contributed by atoms with Gasteiger partial charge in [0.05, 0.1) is 6.54 Å². The first-order chi connectivity index (χ1) is 10.00. The fourth-order valence-corrected chi connectivity index (χ4v) is 2.74. The molecule has 21 heavy (non-hydrogen) atoms. The standard InChI is InChI=1S/C12H12ClN5O3/c13-8-3-2-7(16-17-8)9(19)18-5-1-4-12(6-18)10(20)14-11(21)15-12/h2-3H,1,4-6H2,(H2,14,15,20,21). The van der Waals surface area contributed by atoms with E-state index in [0.717, 1.165) is 0 Å². The number of nitrogens with zero attached hydrogens (tertiary/aromatic N) is 3. The maximum atomic E-state index is 12.4. The molecule has 1 aromatic heterocycles. The topological polar surface area (TPSA) is 104 Å². The van der Waals surface area contributed by atoms with Gasteiger partial charge in [0.25, 0.3) is 11.8 Å². The average Bonchev–Trinajstić information content (AvgIpc) is 2.73. The van der Waals surface area contributed by atoms with E-state index < -0.39 is 17.5 Å². The molecule has 2 saturated heterocycles. The molecule has 2 aliphatic rings. The van der Waals surface area contributed by atoms with E-state index in [9.17, 15) is 14.4 Å². The van der Waals surface area contributed by atoms with E-state index in [-0.39, 0.29) is 23.3 Å². The van der Waals surface area contributed by atoms with Gasteiger partial charge in [-0.3, -0.25) is 14.9 Å². The SMILES string of the molecule is O=C1NC(=O)C2(CCCN(C(=O)c3ccc(Cl)nn3)C2)N1. The van der Waals surface area contributed by atoms with Crippen LogP contribution in [0, 0.1) is 0 Å². The smallest absolute Gasteiger partial charge is 0.322 e. The fraction of sp³-hybridized carbons (Fsp3) is 0.417. The van der Waals surface area contributed by atoms with Gasteiger partial charge in [0.15, 0.2) is 10.8 Å². The third-order valence-corrected chi connectivity index (χ3v) is 3.85. The maximum Gasteiger partial charge on any atom is 0.322 e. The van der Waals surface area contributed by atoms with Crippen molar-refractivity contribution in [3.8, 4) is 0 Å². The molecule has 1 aromatic rings. The summed E-state index contributed by atoms with van der Waals surface area (Å²) >= 11 is 5.64. The van der Waals surface area contributed by atoms with Crippen LogP contribution in [0.1, 0.15) is 23.3 Å². The van der Waals surface area contributed by atoms with Crippen LogP contribution in [0.2, 0.25) is 5.15 Å². The Labute approximate surface area is 124 Å². The van der Waals surface area contributed by atoms with E-state index in [1.165, 1.54) is 17.0 Å². The molecule has 0 aliphatic carbocycles. The summed E-state index contributed by atoms with van der Waals surface area (Å²) < 4.78 is 0. The lowest BCUT2D eigenvalue weighted by atomic mass is 9.89. The Balaban J connectivity index is 1.80. The Morgan fingerprint density at radius 1 is 1.33 bits per heavy atom. The van der Waals surface area contributed by atoms with Gasteiger partial charge in [0.2, 0.25) is 0 Å². The number of amides is 4. The van der Waals surface area contributed by atoms with Gasteiger partial charge in [-0.25, -0.2) is 4.79 Å². The zero-order chi connectivity index (χ0) is 15.0. The molecule has 0 radical (unpaired) electrons. The number of aromatic nitrogens is 2. The molecule has 9 heteroatoms. The summed E-state index contributed by atoms with van der Waals surface area (Å²) in [6.45, 7) is 0.613. The number of carbonyl (C=O) groups is 3. The van der Waals surface area contributed by atoms with Crippen LogP contribution in [0.25, 0.3) is 0 Å². The summed E-state index contributed by atoms with van der Waals surface area (Å²) in [5.74, 6) is -0.737. The molecule has 3 rings (SSSR count). The minimum Gasteiger partial charge on any atom is -0.334 e. The first-order valence-electron chi connectivity index (χ1n) is 6.42. The summed E-state index contributed by atoms with van der Waals surface area (Å²) in [6.07, 6.45) is 1.11. The highest BCUT2D eigenvalue weighted by atomic mass is 35.5. The summed E-state index contributed by atoms with van der Waals surface area (Å²) in [4.78, 5) is 37.1. The highest BCUT2D eigenvalue weighted by Gasteiger charge is 2.49. The molecule has 0 bridgehead atoms. The molecule has 1 unspecified atom stereocenters. The Kier molecular flexibility index (Phi) is 3.25. The van der Waals surface area contributed by atoms with Crippen molar-refractivity contribution >= 4 is 29.4 Å². The zero-order valence-electron chi connectivity index (χ0n) is 10.9. The van der Waals surface area contributed by atoms with Crippen molar-refractivity contribution in [1.82, 2.24) is 25.7 Å². The lowest BCUT2D eigenvalue weighted by molar-refractivity contribution is -0.125. The molecule has 8 nitrogen and oxygen atoms in total. The molecular formula is C12H12ClN5O3. The molecule has 2 fully saturated rings. The van der Waals surface area contributed by atoms with E-state index in [0.29, 0.717) is 19.4 Å². The number of hydrogen-bond donors (Lipinski definition) is 2. The Morgan fingerprint density at radius 2 is 2.14 bits per heavy atom. The summed E-state index contributed by atoms with van der Waals surface area (Å²) in [7, 11) is 0. The second-order valence-electron chi connectivity index (χ2n) is 5.06. The molecule has 0 saturated carbocycles. The predicted octanol–water partition coefficient (Wildman–Crippen LogP) is -0.0558. The molecule has 3 heterocycles. The van der Waals surface area contributed by atoms with Crippen LogP contribution in [-0.2, 0) is 4.79 Å². The average molecular weight is 310 g/mol. The van der Waals surface area contributed by atoms with Gasteiger partial charge in [0, 0.05) is 6.54 Å². The first-order valence-corrected chi connectivity index (χ1v) is 6.80. The second kappa shape index (κ2) is 4.96. The van der Waals surface area contributed by atoms with Crippen molar-refractivity contribution in [2.45, 2.75) is 18.4 Å². The third kappa shape index (κ3) is 2.42. The van der Waals surface area contributed by atoms with E-state index in [2.05, 4.69) is 20.8 Å². The number of rotatable bonds is 1. The van der Waals surface area contributed by atoms with Gasteiger partial charge in [-0.15, -0.1) is 10.2 Å². The quantitative estimate of drug-likeness (QED) is 0.707. The Morgan fingerprint density at radius 3 is 2.76 bits per heavy atom. The largest absolute Gasteiger partial charge is 0.334 e. The molecule has 110 valence electrons. The zero-order valence-corrected chi connectivity index (χ0v) is 11.7. The van der Waals surface area contributed by atoms with Crippen LogP contribution in [0.3, 0.4) is 0 Å². The van der Waals surface area contributed by atoms with Crippen LogP contribution < -0.4 is 10.6 Å². The summed E-state index contributed by atoms with van der Waals surface area (Å²) in [5.41, 5.74) is -0.883. The number of piperidine rings is 1. The van der Waals surface area contributed by atoms with Gasteiger partial charge < -0.3 is 10.2 Å². The molecule has 0 aromatic carbocycles. The molecule has 4 amide bonds. The van der Waals surface area contributed by atoms with Crippen molar-refractivity contribution in [3.63, 3.8) is 0 Å². The van der Waals surface area contributed by atoms with Crippen molar-refractivity contribution in [2.24, 2.45) is 0 Å². The van der Waals surface area contributed by atoms with Gasteiger partial charge >= 0.3 is 6.03 Å². The predicted molar refractivity (Wildman–Crippen MR) is 71.6 cm³/mol. The van der Waals surface area contributed by atoms with E-state index in [1.54, 1.807) is 0 Å². The normalized spacial score (nSPS) is 24.9. The van der Waals surface area contributed by atoms with Gasteiger partial charge in [-0.2, -0.15) is 0 Å². The summed E-state index contributed by atoms with van der Waals surface area (Å²) in [6, 6.07) is 2.43. The number of halogens is 1. The molecular weight excluding hydrogens is 298 g/mol. The van der Waals surface area contributed by atoms with Crippen molar-refractivity contribution < 1.29 is 14.4 Å². The van der Waals surface area contributed by atoms with Crippen LogP contribution in [0.4, 0.5) is 4.79 Å². The van der Waals surface area contributed by atoms with Crippen molar-refractivity contribution in [1.29, 1.82) is 0 Å². The molecule has 1 atom stereocenters. The van der Waals surface area contributed by atoms with E-state index >= 15 is 0 Å². The van der Waals surface area contributed by atoms with E-state index in [1.807, 2.05) is 0 Å². The number of likely N-dealkylation sites (tertiary alicyclic amines) is 1. The van der Waals surface area contributed by atoms with E-state index in [4.69, 9.17) is 11.6 Å². The van der Waals surface area contributed by atoms with Crippen LogP contribution >= 0.6 is 11.6 Å². The second-order valence-corrected chi connectivity index (χ2v) is 5.45. The number of urea groups is 1. The lowest BCUT2D eigenvalue weighted by Gasteiger charge is -2.37. The van der Waals surface area contributed by atoms with Gasteiger partial charge in [-0.05, 0) is 25.0 Å². The summed E-state index contributed by atoms with van der Waals surface area (Å²) in [5, 5.41) is 12.4. The van der Waals surface area contributed by atoms with Gasteiger partial charge in [-0.1, -0.05) is 11.6 Å². The van der Waals surface area contributed by atoms with Crippen LogP contribution in [0.15, 0.2) is 12.1 Å². The van der Waals surface area contributed by atoms with Crippen LogP contribution in [0.5, 0.6) is 0 Å². The molecule has 1 spiro atoms. The third-order valence-electron chi connectivity index (χ3n) is 3.65. The Bertz CT molecular complexity index is 620. The number of nitrogens with one attached hydrogen (secondary N) is 2.